The molecule has 0 spiro atoms. The van der Waals surface area contributed by atoms with Crippen LogP contribution in [0.2, 0.25) is 0 Å². The molecule has 4 rings (SSSR count). The SMILES string of the molecule is N#CCC[C@@]12CCC[C@H]1[C@@H]1CCc3cc(O)ccc3[C@H]1CC2. The molecule has 4 atom stereocenters. The van der Waals surface area contributed by atoms with Crippen LogP contribution in [-0.2, 0) is 6.42 Å². The van der Waals surface area contributed by atoms with Crippen LogP contribution < -0.4 is 0 Å². The predicted octanol–water partition coefficient (Wildman–Crippen LogP) is 4.92. The van der Waals surface area contributed by atoms with Gasteiger partial charge in [-0.3, -0.25) is 0 Å². The molecule has 0 aromatic heterocycles. The number of fused-ring (bicyclic) bond motifs is 5. The molecule has 2 fully saturated rings. The van der Waals surface area contributed by atoms with Crippen molar-refractivity contribution in [3.05, 3.63) is 29.3 Å². The molecule has 0 amide bonds. The molecule has 1 aromatic carbocycles. The third kappa shape index (κ3) is 2.06. The first kappa shape index (κ1) is 14.1. The predicted molar refractivity (Wildman–Crippen MR) is 86.5 cm³/mol. The van der Waals surface area contributed by atoms with Crippen molar-refractivity contribution in [2.24, 2.45) is 17.3 Å². The normalized spacial score (nSPS) is 36.0. The Labute approximate surface area is 133 Å². The summed E-state index contributed by atoms with van der Waals surface area (Å²) in [5.74, 6) is 2.76. The summed E-state index contributed by atoms with van der Waals surface area (Å²) in [6, 6.07) is 8.42. The molecule has 22 heavy (non-hydrogen) atoms. The maximum Gasteiger partial charge on any atom is 0.115 e. The first-order valence-electron chi connectivity index (χ1n) is 8.92. The Morgan fingerprint density at radius 3 is 3.00 bits per heavy atom. The molecule has 116 valence electrons. The fraction of sp³-hybridized carbons (Fsp3) is 0.650. The number of phenols is 1. The van der Waals surface area contributed by atoms with Gasteiger partial charge in [-0.1, -0.05) is 12.5 Å². The molecule has 0 radical (unpaired) electrons. The van der Waals surface area contributed by atoms with Crippen LogP contribution in [-0.4, -0.2) is 5.11 Å². The minimum atomic E-state index is 0.414. The van der Waals surface area contributed by atoms with Crippen molar-refractivity contribution in [1.82, 2.24) is 0 Å². The molecule has 1 aromatic rings. The highest BCUT2D eigenvalue weighted by atomic mass is 16.3. The largest absolute Gasteiger partial charge is 0.508 e. The third-order valence-corrected chi connectivity index (χ3v) is 6.97. The molecule has 1 N–H and O–H groups in total. The van der Waals surface area contributed by atoms with Gasteiger partial charge in [-0.15, -0.1) is 0 Å². The second-order valence-corrected chi connectivity index (χ2v) is 7.75. The van der Waals surface area contributed by atoms with E-state index < -0.39 is 0 Å². The van der Waals surface area contributed by atoms with E-state index in [1.54, 1.807) is 0 Å². The number of aryl methyl sites for hydroxylation is 1. The van der Waals surface area contributed by atoms with E-state index >= 15 is 0 Å². The van der Waals surface area contributed by atoms with E-state index in [1.165, 1.54) is 49.7 Å². The minimum Gasteiger partial charge on any atom is -0.508 e. The molecule has 0 aliphatic heterocycles. The van der Waals surface area contributed by atoms with Crippen LogP contribution >= 0.6 is 0 Å². The first-order chi connectivity index (χ1) is 10.7. The fourth-order valence-electron chi connectivity index (χ4n) is 6.10. The van der Waals surface area contributed by atoms with Gasteiger partial charge >= 0.3 is 0 Å². The second kappa shape index (κ2) is 5.30. The van der Waals surface area contributed by atoms with E-state index in [0.717, 1.165) is 31.1 Å². The average molecular weight is 295 g/mol. The van der Waals surface area contributed by atoms with Gasteiger partial charge in [0.1, 0.15) is 5.75 Å². The minimum absolute atomic E-state index is 0.414. The maximum atomic E-state index is 9.74. The van der Waals surface area contributed by atoms with Gasteiger partial charge in [0.2, 0.25) is 0 Å². The van der Waals surface area contributed by atoms with Crippen LogP contribution in [0.15, 0.2) is 18.2 Å². The lowest BCUT2D eigenvalue weighted by molar-refractivity contribution is 0.0379. The summed E-state index contributed by atoms with van der Waals surface area (Å²) in [5.41, 5.74) is 3.37. The molecule has 0 bridgehead atoms. The summed E-state index contributed by atoms with van der Waals surface area (Å²) in [4.78, 5) is 0. The van der Waals surface area contributed by atoms with E-state index in [0.29, 0.717) is 17.1 Å². The Morgan fingerprint density at radius 2 is 2.14 bits per heavy atom. The Hall–Kier alpha value is -1.49. The van der Waals surface area contributed by atoms with Crippen molar-refractivity contribution in [3.63, 3.8) is 0 Å². The summed E-state index contributed by atoms with van der Waals surface area (Å²) >= 11 is 0. The highest BCUT2D eigenvalue weighted by molar-refractivity contribution is 5.40. The van der Waals surface area contributed by atoms with Gasteiger partial charge in [0.05, 0.1) is 6.07 Å². The van der Waals surface area contributed by atoms with E-state index in [9.17, 15) is 5.11 Å². The Balaban J connectivity index is 1.65. The summed E-state index contributed by atoms with van der Waals surface area (Å²) in [5, 5.41) is 18.8. The van der Waals surface area contributed by atoms with E-state index in [-0.39, 0.29) is 0 Å². The van der Waals surface area contributed by atoms with Gasteiger partial charge in [-0.05, 0) is 91.4 Å². The number of benzene rings is 1. The van der Waals surface area contributed by atoms with E-state index in [4.69, 9.17) is 5.26 Å². The van der Waals surface area contributed by atoms with Gasteiger partial charge in [0, 0.05) is 6.42 Å². The lowest BCUT2D eigenvalue weighted by Crippen LogP contribution is -2.41. The van der Waals surface area contributed by atoms with Crippen molar-refractivity contribution in [3.8, 4) is 11.8 Å². The zero-order chi connectivity index (χ0) is 15.2. The lowest BCUT2D eigenvalue weighted by Gasteiger charge is -2.50. The summed E-state index contributed by atoms with van der Waals surface area (Å²) in [6.07, 6.45) is 10.9. The van der Waals surface area contributed by atoms with Crippen molar-refractivity contribution >= 4 is 0 Å². The van der Waals surface area contributed by atoms with Crippen LogP contribution in [0.1, 0.15) is 68.4 Å². The van der Waals surface area contributed by atoms with Crippen molar-refractivity contribution in [2.75, 3.05) is 0 Å². The zero-order valence-corrected chi connectivity index (χ0v) is 13.2. The standard InChI is InChI=1S/C20H25NO/c21-12-2-10-20-9-1-3-19(20)18-6-4-14-13-15(22)5-7-16(14)17(18)8-11-20/h5,7,13,17-19,22H,1-4,6,8-11H2/t17-,18-,19+,20-/m1/s1. The number of phenolic OH excluding ortho intramolecular Hbond substituents is 1. The molecule has 2 nitrogen and oxygen atoms in total. The third-order valence-electron chi connectivity index (χ3n) is 6.97. The maximum absolute atomic E-state index is 9.74. The van der Waals surface area contributed by atoms with Gasteiger partial charge < -0.3 is 5.11 Å². The van der Waals surface area contributed by atoms with Crippen molar-refractivity contribution in [1.29, 1.82) is 5.26 Å². The van der Waals surface area contributed by atoms with Gasteiger partial charge in [0.25, 0.3) is 0 Å². The number of hydrogen-bond acceptors (Lipinski definition) is 2. The number of hydrogen-bond donors (Lipinski definition) is 1. The van der Waals surface area contributed by atoms with Crippen LogP contribution in [0, 0.1) is 28.6 Å². The quantitative estimate of drug-likeness (QED) is 0.841. The van der Waals surface area contributed by atoms with E-state index in [1.807, 2.05) is 12.1 Å². The van der Waals surface area contributed by atoms with Crippen LogP contribution in [0.3, 0.4) is 0 Å². The van der Waals surface area contributed by atoms with Crippen molar-refractivity contribution in [2.45, 2.75) is 63.7 Å². The monoisotopic (exact) mass is 295 g/mol. The van der Waals surface area contributed by atoms with Crippen LogP contribution in [0.4, 0.5) is 0 Å². The zero-order valence-electron chi connectivity index (χ0n) is 13.2. The average Bonchev–Trinajstić information content (AvgIpc) is 2.96. The summed E-state index contributed by atoms with van der Waals surface area (Å²) < 4.78 is 0. The molecule has 3 aliphatic rings. The molecule has 2 heteroatoms. The van der Waals surface area contributed by atoms with Crippen LogP contribution in [0.5, 0.6) is 5.75 Å². The molecular formula is C20H25NO. The first-order valence-corrected chi connectivity index (χ1v) is 8.92. The summed E-state index contributed by atoms with van der Waals surface area (Å²) in [6.45, 7) is 0. The molecule has 2 saturated carbocycles. The highest BCUT2D eigenvalue weighted by Gasteiger charge is 2.52. The number of nitriles is 1. The number of aromatic hydroxyl groups is 1. The fourth-order valence-corrected chi connectivity index (χ4v) is 6.10. The second-order valence-electron chi connectivity index (χ2n) is 7.75. The van der Waals surface area contributed by atoms with Crippen molar-refractivity contribution < 1.29 is 5.11 Å². The van der Waals surface area contributed by atoms with Gasteiger partial charge in [-0.2, -0.15) is 5.26 Å². The Bertz CT molecular complexity index is 617. The molecule has 0 saturated heterocycles. The van der Waals surface area contributed by atoms with E-state index in [2.05, 4.69) is 12.1 Å². The number of nitrogens with zero attached hydrogens (tertiary/aromatic N) is 1. The van der Waals surface area contributed by atoms with Gasteiger partial charge in [0.15, 0.2) is 0 Å². The lowest BCUT2D eigenvalue weighted by atomic mass is 9.54. The molecule has 3 aliphatic carbocycles. The van der Waals surface area contributed by atoms with Gasteiger partial charge in [-0.25, -0.2) is 0 Å². The highest BCUT2D eigenvalue weighted by Crippen LogP contribution is 2.62. The Kier molecular flexibility index (Phi) is 3.40. The molecule has 0 heterocycles. The number of rotatable bonds is 2. The topological polar surface area (TPSA) is 44.0 Å². The Morgan fingerprint density at radius 1 is 1.23 bits per heavy atom. The smallest absolute Gasteiger partial charge is 0.115 e. The summed E-state index contributed by atoms with van der Waals surface area (Å²) in [7, 11) is 0. The molecular weight excluding hydrogens is 270 g/mol. The molecule has 0 unspecified atom stereocenters. The van der Waals surface area contributed by atoms with Crippen LogP contribution in [0.25, 0.3) is 0 Å².